The standard InChI is InChI=1S/C14H19ClN2O2/c1-17-7-3-4-11(9-17)16-13-8-10(14(18)19-2)5-6-12(13)15/h5-6,8,11,16H,3-4,7,9H2,1-2H3. The second-order valence-electron chi connectivity index (χ2n) is 4.93. The Morgan fingerprint density at radius 3 is 3.00 bits per heavy atom. The van der Waals surface area contributed by atoms with E-state index in [4.69, 9.17) is 16.3 Å². The zero-order valence-electron chi connectivity index (χ0n) is 11.3. The minimum absolute atomic E-state index is 0.347. The molecule has 0 aliphatic carbocycles. The number of likely N-dealkylation sites (tertiary alicyclic amines) is 1. The fourth-order valence-electron chi connectivity index (χ4n) is 2.38. The lowest BCUT2D eigenvalue weighted by atomic mass is 10.1. The number of nitrogens with one attached hydrogen (secondary N) is 1. The second-order valence-corrected chi connectivity index (χ2v) is 5.34. The highest BCUT2D eigenvalue weighted by Gasteiger charge is 2.18. The summed E-state index contributed by atoms with van der Waals surface area (Å²) in [5, 5.41) is 4.04. The molecule has 0 amide bonds. The molecule has 1 N–H and O–H groups in total. The van der Waals surface area contributed by atoms with Gasteiger partial charge in [0.15, 0.2) is 0 Å². The third-order valence-corrected chi connectivity index (χ3v) is 3.70. The van der Waals surface area contributed by atoms with Gasteiger partial charge in [0, 0.05) is 12.6 Å². The zero-order valence-corrected chi connectivity index (χ0v) is 12.0. The zero-order chi connectivity index (χ0) is 13.8. The smallest absolute Gasteiger partial charge is 0.337 e. The molecule has 0 bridgehead atoms. The number of ether oxygens (including phenoxy) is 1. The summed E-state index contributed by atoms with van der Waals surface area (Å²) in [6.07, 6.45) is 2.28. The molecule has 19 heavy (non-hydrogen) atoms. The van der Waals surface area contributed by atoms with Crippen LogP contribution in [0.1, 0.15) is 23.2 Å². The number of halogens is 1. The summed E-state index contributed by atoms with van der Waals surface area (Å²) < 4.78 is 4.72. The Hall–Kier alpha value is -1.26. The molecule has 104 valence electrons. The van der Waals surface area contributed by atoms with E-state index >= 15 is 0 Å². The minimum atomic E-state index is -0.347. The van der Waals surface area contributed by atoms with Crippen LogP contribution in [-0.2, 0) is 4.74 Å². The van der Waals surface area contributed by atoms with Gasteiger partial charge in [0.2, 0.25) is 0 Å². The molecule has 1 fully saturated rings. The Morgan fingerprint density at radius 2 is 2.32 bits per heavy atom. The predicted octanol–water partition coefficient (Wildman–Crippen LogP) is 2.63. The molecular formula is C14H19ClN2O2. The molecule has 2 rings (SSSR count). The molecule has 0 spiro atoms. The van der Waals surface area contributed by atoms with E-state index in [1.807, 2.05) is 0 Å². The molecule has 1 aromatic carbocycles. The molecule has 1 heterocycles. The van der Waals surface area contributed by atoms with Crippen LogP contribution >= 0.6 is 11.6 Å². The van der Waals surface area contributed by atoms with E-state index in [1.54, 1.807) is 18.2 Å². The summed E-state index contributed by atoms with van der Waals surface area (Å²) >= 11 is 6.17. The second kappa shape index (κ2) is 6.26. The summed E-state index contributed by atoms with van der Waals surface area (Å²) in [6, 6.07) is 5.52. The van der Waals surface area contributed by atoms with Gasteiger partial charge in [-0.2, -0.15) is 0 Å². The fourth-order valence-corrected chi connectivity index (χ4v) is 2.56. The first-order valence-electron chi connectivity index (χ1n) is 6.43. The molecule has 1 atom stereocenters. The quantitative estimate of drug-likeness (QED) is 0.866. The van der Waals surface area contributed by atoms with Gasteiger partial charge in [-0.15, -0.1) is 0 Å². The lowest BCUT2D eigenvalue weighted by Crippen LogP contribution is -2.39. The van der Waals surface area contributed by atoms with Gasteiger partial charge >= 0.3 is 5.97 Å². The van der Waals surface area contributed by atoms with E-state index in [0.29, 0.717) is 16.6 Å². The van der Waals surface area contributed by atoms with Crippen molar-refractivity contribution in [1.82, 2.24) is 4.90 Å². The third kappa shape index (κ3) is 3.61. The molecule has 1 aliphatic rings. The molecule has 1 aliphatic heterocycles. The third-order valence-electron chi connectivity index (χ3n) is 3.37. The van der Waals surface area contributed by atoms with Crippen molar-refractivity contribution < 1.29 is 9.53 Å². The SMILES string of the molecule is COC(=O)c1ccc(Cl)c(NC2CCCN(C)C2)c1. The fraction of sp³-hybridized carbons (Fsp3) is 0.500. The lowest BCUT2D eigenvalue weighted by molar-refractivity contribution is 0.0601. The van der Waals surface area contributed by atoms with Gasteiger partial charge in [-0.05, 0) is 44.6 Å². The van der Waals surface area contributed by atoms with E-state index in [9.17, 15) is 4.79 Å². The number of hydrogen-bond donors (Lipinski definition) is 1. The van der Waals surface area contributed by atoms with Crippen LogP contribution in [0.5, 0.6) is 0 Å². The first-order valence-corrected chi connectivity index (χ1v) is 6.81. The number of piperidine rings is 1. The van der Waals surface area contributed by atoms with Crippen molar-refractivity contribution in [2.24, 2.45) is 0 Å². The van der Waals surface area contributed by atoms with E-state index in [1.165, 1.54) is 13.5 Å². The van der Waals surface area contributed by atoms with Crippen LogP contribution in [0.25, 0.3) is 0 Å². The summed E-state index contributed by atoms with van der Waals surface area (Å²) in [4.78, 5) is 13.8. The largest absolute Gasteiger partial charge is 0.465 e. The van der Waals surface area contributed by atoms with Crippen LogP contribution in [0.2, 0.25) is 5.02 Å². The Kier molecular flexibility index (Phi) is 4.66. The van der Waals surface area contributed by atoms with Crippen molar-refractivity contribution in [3.63, 3.8) is 0 Å². The number of esters is 1. The van der Waals surface area contributed by atoms with Crippen LogP contribution in [-0.4, -0.2) is 44.2 Å². The summed E-state index contributed by atoms with van der Waals surface area (Å²) in [6.45, 7) is 2.12. The molecule has 0 saturated carbocycles. The Bertz CT molecular complexity index is 465. The van der Waals surface area contributed by atoms with Gasteiger partial charge in [0.1, 0.15) is 0 Å². The maximum absolute atomic E-state index is 11.5. The van der Waals surface area contributed by atoms with Crippen molar-refractivity contribution in [2.45, 2.75) is 18.9 Å². The summed E-state index contributed by atoms with van der Waals surface area (Å²) in [5.41, 5.74) is 1.31. The van der Waals surface area contributed by atoms with Gasteiger partial charge in [-0.3, -0.25) is 0 Å². The molecule has 5 heteroatoms. The molecule has 1 unspecified atom stereocenters. The number of carbonyl (C=O) groups excluding carboxylic acids is 1. The normalized spacial score (nSPS) is 20.1. The Morgan fingerprint density at radius 1 is 1.53 bits per heavy atom. The number of nitrogens with zero attached hydrogens (tertiary/aromatic N) is 1. The Labute approximate surface area is 118 Å². The molecular weight excluding hydrogens is 264 g/mol. The number of carbonyl (C=O) groups is 1. The van der Waals surface area contributed by atoms with E-state index < -0.39 is 0 Å². The van der Waals surface area contributed by atoms with Crippen LogP contribution in [0.15, 0.2) is 18.2 Å². The van der Waals surface area contributed by atoms with Crippen molar-refractivity contribution in [3.8, 4) is 0 Å². The summed E-state index contributed by atoms with van der Waals surface area (Å²) in [5.74, 6) is -0.347. The first kappa shape index (κ1) is 14.2. The van der Waals surface area contributed by atoms with Crippen molar-refractivity contribution in [1.29, 1.82) is 0 Å². The highest BCUT2D eigenvalue weighted by molar-refractivity contribution is 6.33. The number of anilines is 1. The van der Waals surface area contributed by atoms with Crippen LogP contribution in [0.4, 0.5) is 5.69 Å². The topological polar surface area (TPSA) is 41.6 Å². The van der Waals surface area contributed by atoms with Gasteiger partial charge in [0.05, 0.1) is 23.4 Å². The monoisotopic (exact) mass is 282 g/mol. The number of likely N-dealkylation sites (N-methyl/N-ethyl adjacent to an activating group) is 1. The molecule has 0 radical (unpaired) electrons. The van der Waals surface area contributed by atoms with Crippen LogP contribution in [0, 0.1) is 0 Å². The van der Waals surface area contributed by atoms with Gasteiger partial charge < -0.3 is 15.0 Å². The first-order chi connectivity index (χ1) is 9.10. The van der Waals surface area contributed by atoms with E-state index in [0.717, 1.165) is 25.2 Å². The van der Waals surface area contributed by atoms with E-state index in [2.05, 4.69) is 17.3 Å². The number of benzene rings is 1. The highest BCUT2D eigenvalue weighted by atomic mass is 35.5. The van der Waals surface area contributed by atoms with Crippen LogP contribution < -0.4 is 5.32 Å². The molecule has 0 aromatic heterocycles. The predicted molar refractivity (Wildman–Crippen MR) is 76.9 cm³/mol. The van der Waals surface area contributed by atoms with Crippen LogP contribution in [0.3, 0.4) is 0 Å². The number of rotatable bonds is 3. The van der Waals surface area contributed by atoms with Gasteiger partial charge in [0.25, 0.3) is 0 Å². The van der Waals surface area contributed by atoms with Crippen molar-refractivity contribution in [2.75, 3.05) is 32.6 Å². The maximum Gasteiger partial charge on any atom is 0.337 e. The lowest BCUT2D eigenvalue weighted by Gasteiger charge is -2.31. The Balaban J connectivity index is 2.12. The van der Waals surface area contributed by atoms with Crippen molar-refractivity contribution in [3.05, 3.63) is 28.8 Å². The highest BCUT2D eigenvalue weighted by Crippen LogP contribution is 2.25. The maximum atomic E-state index is 11.5. The number of methoxy groups -OCH3 is 1. The number of hydrogen-bond acceptors (Lipinski definition) is 4. The minimum Gasteiger partial charge on any atom is -0.465 e. The molecule has 1 saturated heterocycles. The summed E-state index contributed by atoms with van der Waals surface area (Å²) in [7, 11) is 3.49. The molecule has 4 nitrogen and oxygen atoms in total. The average molecular weight is 283 g/mol. The van der Waals surface area contributed by atoms with E-state index in [-0.39, 0.29) is 5.97 Å². The molecule has 1 aromatic rings. The van der Waals surface area contributed by atoms with Gasteiger partial charge in [-0.25, -0.2) is 4.79 Å². The van der Waals surface area contributed by atoms with Gasteiger partial charge in [-0.1, -0.05) is 11.6 Å². The van der Waals surface area contributed by atoms with Crippen molar-refractivity contribution >= 4 is 23.3 Å². The average Bonchev–Trinajstić information content (AvgIpc) is 2.40.